The van der Waals surface area contributed by atoms with E-state index in [9.17, 15) is 4.21 Å². The van der Waals surface area contributed by atoms with Gasteiger partial charge in [-0.3, -0.25) is 4.21 Å². The number of rotatable bonds is 13. The predicted molar refractivity (Wildman–Crippen MR) is 206 cm³/mol. The summed E-state index contributed by atoms with van der Waals surface area (Å²) in [6.45, 7) is 17.2. The molecule has 4 aromatic carbocycles. The minimum absolute atomic E-state index is 0.424. The van der Waals surface area contributed by atoms with Crippen LogP contribution < -0.4 is 18.9 Å². The predicted octanol–water partition coefficient (Wildman–Crippen LogP) is 10.4. The first-order chi connectivity index (χ1) is 24.2. The highest BCUT2D eigenvalue weighted by Crippen LogP contribution is 2.40. The molecule has 50 heavy (non-hydrogen) atoms. The summed E-state index contributed by atoms with van der Waals surface area (Å²) in [5, 5.41) is 0. The average Bonchev–Trinajstić information content (AvgIpc) is 3.09. The van der Waals surface area contributed by atoms with E-state index >= 15 is 0 Å². The van der Waals surface area contributed by atoms with Crippen LogP contribution in [0.3, 0.4) is 0 Å². The Hall–Kier alpha value is -3.77. The molecule has 1 atom stereocenters. The van der Waals surface area contributed by atoms with Crippen molar-refractivity contribution in [1.29, 1.82) is 0 Å². The number of ether oxygens (including phenoxy) is 4. The van der Waals surface area contributed by atoms with Gasteiger partial charge in [0.15, 0.2) is 0 Å². The fraction of sp³-hybridized carbons (Fsp3) is 0.455. The van der Waals surface area contributed by atoms with Gasteiger partial charge in [0.2, 0.25) is 0 Å². The standard InChI is InChI=1S/C44H56O5S/c1-8-21-46-40-31-15-12-16-32(40)26-34-18-14-20-36(42(34)48-23-10-3)28-38-30-39(50(45)44(5,6)7)29-37(43(38)49-24-11-4)27-35-19-13-17-33(25-31)41(35)47-22-9-2/h12-20,29-30H,8-11,21-28H2,1-7H3. The van der Waals surface area contributed by atoms with Gasteiger partial charge in [0.05, 0.1) is 37.2 Å². The average molecular weight is 697 g/mol. The monoisotopic (exact) mass is 696 g/mol. The molecule has 1 aliphatic carbocycles. The lowest BCUT2D eigenvalue weighted by molar-refractivity contribution is 0.304. The van der Waals surface area contributed by atoms with E-state index in [1.807, 2.05) is 20.8 Å². The second-order valence-electron chi connectivity index (χ2n) is 14.3. The van der Waals surface area contributed by atoms with Gasteiger partial charge in [-0.2, -0.15) is 0 Å². The van der Waals surface area contributed by atoms with Gasteiger partial charge in [-0.15, -0.1) is 0 Å². The smallest absolute Gasteiger partial charge is 0.126 e. The van der Waals surface area contributed by atoms with Crippen molar-refractivity contribution in [2.45, 2.75) is 109 Å². The molecule has 0 spiro atoms. The van der Waals surface area contributed by atoms with Crippen LogP contribution in [0.4, 0.5) is 0 Å². The van der Waals surface area contributed by atoms with Crippen molar-refractivity contribution in [2.75, 3.05) is 26.4 Å². The van der Waals surface area contributed by atoms with Crippen molar-refractivity contribution >= 4 is 10.8 Å². The van der Waals surface area contributed by atoms with Crippen LogP contribution in [0.2, 0.25) is 0 Å². The highest BCUT2D eigenvalue weighted by molar-refractivity contribution is 7.86. The zero-order valence-corrected chi connectivity index (χ0v) is 32.1. The zero-order valence-electron chi connectivity index (χ0n) is 31.3. The summed E-state index contributed by atoms with van der Waals surface area (Å²) >= 11 is 0. The van der Waals surface area contributed by atoms with Gasteiger partial charge in [0.1, 0.15) is 23.0 Å². The summed E-state index contributed by atoms with van der Waals surface area (Å²) in [4.78, 5) is 0.819. The van der Waals surface area contributed by atoms with Crippen molar-refractivity contribution in [3.05, 3.63) is 111 Å². The lowest BCUT2D eigenvalue weighted by Gasteiger charge is -2.24. The van der Waals surface area contributed by atoms with Crippen LogP contribution in [0.15, 0.2) is 71.6 Å². The molecular formula is C44H56O5S. The quantitative estimate of drug-likeness (QED) is 0.123. The molecule has 0 amide bonds. The summed E-state index contributed by atoms with van der Waals surface area (Å²) in [6.07, 6.45) is 6.16. The van der Waals surface area contributed by atoms with E-state index in [4.69, 9.17) is 18.9 Å². The summed E-state index contributed by atoms with van der Waals surface area (Å²) < 4.78 is 40.1. The van der Waals surface area contributed by atoms with Gasteiger partial charge in [0, 0.05) is 46.5 Å². The lowest BCUT2D eigenvalue weighted by atomic mass is 9.91. The molecule has 0 aliphatic heterocycles. The van der Waals surface area contributed by atoms with Crippen molar-refractivity contribution in [2.24, 2.45) is 0 Å². The van der Waals surface area contributed by atoms with Crippen LogP contribution in [0.1, 0.15) is 119 Å². The van der Waals surface area contributed by atoms with Crippen LogP contribution in [0.5, 0.6) is 23.0 Å². The topological polar surface area (TPSA) is 54.0 Å². The van der Waals surface area contributed by atoms with Crippen LogP contribution in [-0.4, -0.2) is 35.4 Å². The minimum Gasteiger partial charge on any atom is -0.493 e. The number of hydrogen-bond acceptors (Lipinski definition) is 5. The molecule has 5 nitrogen and oxygen atoms in total. The molecule has 0 saturated heterocycles. The van der Waals surface area contributed by atoms with Gasteiger partial charge in [-0.25, -0.2) is 0 Å². The summed E-state index contributed by atoms with van der Waals surface area (Å²) in [5.74, 6) is 3.65. The Balaban J connectivity index is 1.82. The Bertz CT molecular complexity index is 1670. The maximum Gasteiger partial charge on any atom is 0.126 e. The number of para-hydroxylation sites is 3. The Kier molecular flexibility index (Phi) is 13.1. The molecule has 0 saturated carbocycles. The van der Waals surface area contributed by atoms with Gasteiger partial charge in [-0.05, 0) is 92.0 Å². The number of fused-ring (bicyclic) bond motifs is 8. The van der Waals surface area contributed by atoms with Gasteiger partial charge < -0.3 is 18.9 Å². The van der Waals surface area contributed by atoms with E-state index in [2.05, 4.69) is 94.4 Å². The Morgan fingerprint density at radius 3 is 1.00 bits per heavy atom. The van der Waals surface area contributed by atoms with Gasteiger partial charge >= 0.3 is 0 Å². The molecule has 268 valence electrons. The summed E-state index contributed by atoms with van der Waals surface area (Å²) in [5.41, 5.74) is 8.77. The first kappa shape index (κ1) is 37.5. The third-order valence-electron chi connectivity index (χ3n) is 8.85. The molecule has 0 fully saturated rings. The number of benzene rings is 4. The maximum absolute atomic E-state index is 14.1. The zero-order chi connectivity index (χ0) is 35.7. The first-order valence-electron chi connectivity index (χ1n) is 18.6. The van der Waals surface area contributed by atoms with Crippen molar-refractivity contribution < 1.29 is 23.2 Å². The number of hydrogen-bond donors (Lipinski definition) is 0. The molecule has 0 N–H and O–H groups in total. The van der Waals surface area contributed by atoms with Crippen molar-refractivity contribution in [3.8, 4) is 23.0 Å². The van der Waals surface area contributed by atoms with Crippen LogP contribution in [-0.2, 0) is 36.5 Å². The molecule has 6 heteroatoms. The highest BCUT2D eigenvalue weighted by Gasteiger charge is 2.26. The molecule has 0 heterocycles. The molecule has 5 rings (SSSR count). The summed E-state index contributed by atoms with van der Waals surface area (Å²) in [7, 11) is -1.24. The van der Waals surface area contributed by atoms with Crippen LogP contribution in [0, 0.1) is 0 Å². The Labute approximate surface area is 303 Å². The first-order valence-corrected chi connectivity index (χ1v) is 19.7. The van der Waals surface area contributed by atoms with Gasteiger partial charge in [0.25, 0.3) is 0 Å². The van der Waals surface area contributed by atoms with E-state index in [0.29, 0.717) is 52.1 Å². The molecule has 1 aliphatic rings. The van der Waals surface area contributed by atoms with E-state index in [1.165, 1.54) is 0 Å². The van der Waals surface area contributed by atoms with E-state index in [1.54, 1.807) is 0 Å². The second-order valence-corrected chi connectivity index (χ2v) is 16.5. The molecule has 8 bridgehead atoms. The summed E-state index contributed by atoms with van der Waals surface area (Å²) in [6, 6.07) is 23.7. The lowest BCUT2D eigenvalue weighted by Crippen LogP contribution is -2.22. The largest absolute Gasteiger partial charge is 0.493 e. The van der Waals surface area contributed by atoms with E-state index < -0.39 is 15.5 Å². The minimum atomic E-state index is -1.24. The second kappa shape index (κ2) is 17.4. The van der Waals surface area contributed by atoms with Crippen LogP contribution >= 0.6 is 0 Å². The molecular weight excluding hydrogens is 641 g/mol. The third kappa shape index (κ3) is 8.93. The molecule has 4 aromatic rings. The van der Waals surface area contributed by atoms with Gasteiger partial charge in [-0.1, -0.05) is 82.3 Å². The molecule has 0 aromatic heterocycles. The normalized spacial score (nSPS) is 13.4. The highest BCUT2D eigenvalue weighted by atomic mass is 32.2. The fourth-order valence-electron chi connectivity index (χ4n) is 6.57. The molecule has 0 radical (unpaired) electrons. The molecule has 1 unspecified atom stereocenters. The van der Waals surface area contributed by atoms with Crippen molar-refractivity contribution in [3.63, 3.8) is 0 Å². The van der Waals surface area contributed by atoms with Crippen LogP contribution in [0.25, 0.3) is 0 Å². The Morgan fingerprint density at radius 2 is 0.740 bits per heavy atom. The van der Waals surface area contributed by atoms with E-state index in [0.717, 1.165) is 98.1 Å². The van der Waals surface area contributed by atoms with Crippen molar-refractivity contribution in [1.82, 2.24) is 0 Å². The maximum atomic E-state index is 14.1. The third-order valence-corrected chi connectivity index (χ3v) is 10.6. The van der Waals surface area contributed by atoms with E-state index in [-0.39, 0.29) is 0 Å². The SMILES string of the molecule is CCCOc1c2cccc1Cc1cccc(c1OCCC)Cc1cc(S(=O)C(C)(C)C)cc(c1OCCC)Cc1cccc(c1OCCC)C2. The Morgan fingerprint density at radius 1 is 0.480 bits per heavy atom. The fourth-order valence-corrected chi connectivity index (χ4v) is 7.78.